The monoisotopic (exact) mass is 274 g/mol. The molecule has 0 radical (unpaired) electrons. The zero-order chi connectivity index (χ0) is 14.3. The molecule has 5 heteroatoms. The van der Waals surface area contributed by atoms with E-state index in [0.717, 1.165) is 31.3 Å². The van der Waals surface area contributed by atoms with Crippen LogP contribution in [0.25, 0.3) is 0 Å². The van der Waals surface area contributed by atoms with Gasteiger partial charge in [-0.2, -0.15) is 5.10 Å². The van der Waals surface area contributed by atoms with Crippen LogP contribution in [-0.2, 0) is 12.0 Å². The fourth-order valence-electron chi connectivity index (χ4n) is 2.39. The van der Waals surface area contributed by atoms with Crippen molar-refractivity contribution >= 4 is 0 Å². The van der Waals surface area contributed by atoms with Gasteiger partial charge in [0.05, 0.1) is 25.0 Å². The number of likely N-dealkylation sites (tertiary alicyclic amines) is 1. The first-order valence-electron chi connectivity index (χ1n) is 7.10. The van der Waals surface area contributed by atoms with Gasteiger partial charge in [0, 0.05) is 24.7 Å². The second-order valence-corrected chi connectivity index (χ2v) is 6.71. The van der Waals surface area contributed by atoms with Gasteiger partial charge in [-0.3, -0.25) is 9.58 Å². The number of rotatable bonds is 3. The Morgan fingerprint density at radius 2 is 2.05 bits per heavy atom. The maximum absolute atomic E-state index is 5.82. The Morgan fingerprint density at radius 3 is 2.60 bits per heavy atom. The van der Waals surface area contributed by atoms with Gasteiger partial charge < -0.3 is 4.42 Å². The summed E-state index contributed by atoms with van der Waals surface area (Å²) in [4.78, 5) is 6.71. The Hall–Kier alpha value is -1.62. The van der Waals surface area contributed by atoms with Gasteiger partial charge in [0.2, 0.25) is 5.89 Å². The van der Waals surface area contributed by atoms with E-state index in [4.69, 9.17) is 4.42 Å². The summed E-state index contributed by atoms with van der Waals surface area (Å²) in [5.74, 6) is 1.76. The average Bonchev–Trinajstić information content (AvgIpc) is 2.90. The van der Waals surface area contributed by atoms with E-state index in [2.05, 4.69) is 53.6 Å². The molecule has 0 aliphatic carbocycles. The predicted molar refractivity (Wildman–Crippen MR) is 76.5 cm³/mol. The van der Waals surface area contributed by atoms with E-state index in [0.29, 0.717) is 6.04 Å². The minimum absolute atomic E-state index is 0.0231. The summed E-state index contributed by atoms with van der Waals surface area (Å²) in [7, 11) is 0. The normalized spacial score (nSPS) is 17.4. The third kappa shape index (κ3) is 2.63. The van der Waals surface area contributed by atoms with Crippen molar-refractivity contribution in [1.82, 2.24) is 19.7 Å². The molecule has 3 rings (SSSR count). The number of hydrogen-bond donors (Lipinski definition) is 0. The Labute approximate surface area is 119 Å². The zero-order valence-corrected chi connectivity index (χ0v) is 12.6. The van der Waals surface area contributed by atoms with Crippen molar-refractivity contribution in [2.75, 3.05) is 13.1 Å². The molecule has 5 nitrogen and oxygen atoms in total. The van der Waals surface area contributed by atoms with Crippen molar-refractivity contribution in [1.29, 1.82) is 0 Å². The standard InChI is InChI=1S/C15H22N4O/c1-11-5-17-19(7-11)12-8-18(9-12)10-14-16-6-13(20-14)15(2,3)4/h5-7,12H,8-10H2,1-4H3. The number of aryl methyl sites for hydroxylation is 1. The van der Waals surface area contributed by atoms with Crippen LogP contribution in [0.1, 0.15) is 44.0 Å². The molecule has 0 N–H and O–H groups in total. The Kier molecular flexibility index (Phi) is 3.17. The lowest BCUT2D eigenvalue weighted by Gasteiger charge is -2.38. The highest BCUT2D eigenvalue weighted by molar-refractivity contribution is 5.06. The second-order valence-electron chi connectivity index (χ2n) is 6.71. The number of hydrogen-bond acceptors (Lipinski definition) is 4. The molecule has 20 heavy (non-hydrogen) atoms. The fourth-order valence-corrected chi connectivity index (χ4v) is 2.39. The van der Waals surface area contributed by atoms with Gasteiger partial charge in [-0.1, -0.05) is 20.8 Å². The van der Waals surface area contributed by atoms with Gasteiger partial charge in [0.1, 0.15) is 5.76 Å². The van der Waals surface area contributed by atoms with Gasteiger partial charge in [-0.05, 0) is 12.5 Å². The van der Waals surface area contributed by atoms with Crippen LogP contribution in [0.2, 0.25) is 0 Å². The molecule has 0 aromatic carbocycles. The molecule has 3 heterocycles. The maximum atomic E-state index is 5.82. The lowest BCUT2D eigenvalue weighted by molar-refractivity contribution is 0.0806. The first-order chi connectivity index (χ1) is 9.41. The van der Waals surface area contributed by atoms with Gasteiger partial charge in [-0.15, -0.1) is 0 Å². The Balaban J connectivity index is 1.55. The van der Waals surface area contributed by atoms with Gasteiger partial charge in [0.25, 0.3) is 0 Å². The molecule has 0 unspecified atom stereocenters. The van der Waals surface area contributed by atoms with E-state index in [9.17, 15) is 0 Å². The van der Waals surface area contributed by atoms with Crippen molar-refractivity contribution in [3.63, 3.8) is 0 Å². The van der Waals surface area contributed by atoms with Crippen LogP contribution in [-0.4, -0.2) is 32.8 Å². The highest BCUT2D eigenvalue weighted by atomic mass is 16.4. The highest BCUT2D eigenvalue weighted by Gasteiger charge is 2.30. The van der Waals surface area contributed by atoms with Crippen molar-refractivity contribution in [3.8, 4) is 0 Å². The van der Waals surface area contributed by atoms with Crippen LogP contribution in [0.15, 0.2) is 23.0 Å². The largest absolute Gasteiger partial charge is 0.444 e. The van der Waals surface area contributed by atoms with E-state index < -0.39 is 0 Å². The van der Waals surface area contributed by atoms with Crippen molar-refractivity contribution in [2.24, 2.45) is 0 Å². The number of aromatic nitrogens is 3. The summed E-state index contributed by atoms with van der Waals surface area (Å²) < 4.78 is 7.88. The van der Waals surface area contributed by atoms with E-state index in [1.807, 2.05) is 12.4 Å². The number of nitrogens with zero attached hydrogens (tertiary/aromatic N) is 4. The lowest BCUT2D eigenvalue weighted by Crippen LogP contribution is -2.47. The molecule has 0 atom stereocenters. The van der Waals surface area contributed by atoms with Gasteiger partial charge in [0.15, 0.2) is 0 Å². The molecule has 0 bridgehead atoms. The van der Waals surface area contributed by atoms with E-state index in [1.54, 1.807) is 0 Å². The summed E-state index contributed by atoms with van der Waals surface area (Å²) in [6.45, 7) is 11.3. The molecule has 1 saturated heterocycles. The van der Waals surface area contributed by atoms with Crippen LogP contribution < -0.4 is 0 Å². The second kappa shape index (κ2) is 4.74. The quantitative estimate of drug-likeness (QED) is 0.863. The summed E-state index contributed by atoms with van der Waals surface area (Å²) in [6, 6.07) is 0.487. The topological polar surface area (TPSA) is 47.1 Å². The van der Waals surface area contributed by atoms with Crippen molar-refractivity contribution in [2.45, 2.75) is 45.7 Å². The molecule has 2 aromatic heterocycles. The van der Waals surface area contributed by atoms with Gasteiger partial charge in [-0.25, -0.2) is 4.98 Å². The van der Waals surface area contributed by atoms with Gasteiger partial charge >= 0.3 is 0 Å². The first-order valence-corrected chi connectivity index (χ1v) is 7.10. The minimum atomic E-state index is 0.0231. The van der Waals surface area contributed by atoms with E-state index in [1.165, 1.54) is 5.56 Å². The molecule has 108 valence electrons. The fraction of sp³-hybridized carbons (Fsp3) is 0.600. The lowest BCUT2D eigenvalue weighted by atomic mass is 9.94. The molecule has 1 aliphatic rings. The summed E-state index contributed by atoms with van der Waals surface area (Å²) in [5, 5.41) is 4.37. The molecule has 1 aliphatic heterocycles. The SMILES string of the molecule is Cc1cnn(C2CN(Cc3ncc(C(C)(C)C)o3)C2)c1. The van der Waals surface area contributed by atoms with E-state index in [-0.39, 0.29) is 5.41 Å². The molecular formula is C15H22N4O. The minimum Gasteiger partial charge on any atom is -0.444 e. The van der Waals surface area contributed by atoms with Crippen LogP contribution in [0.4, 0.5) is 0 Å². The molecule has 0 saturated carbocycles. The van der Waals surface area contributed by atoms with Crippen molar-refractivity contribution < 1.29 is 4.42 Å². The summed E-state index contributed by atoms with van der Waals surface area (Å²) >= 11 is 0. The van der Waals surface area contributed by atoms with E-state index >= 15 is 0 Å². The summed E-state index contributed by atoms with van der Waals surface area (Å²) in [6.07, 6.45) is 5.86. The molecule has 2 aromatic rings. The predicted octanol–water partition coefficient (Wildman–Crippen LogP) is 2.53. The smallest absolute Gasteiger partial charge is 0.208 e. The number of oxazole rings is 1. The maximum Gasteiger partial charge on any atom is 0.208 e. The summed E-state index contributed by atoms with van der Waals surface area (Å²) in [5.41, 5.74) is 1.24. The molecular weight excluding hydrogens is 252 g/mol. The zero-order valence-electron chi connectivity index (χ0n) is 12.6. The Morgan fingerprint density at radius 1 is 1.30 bits per heavy atom. The third-order valence-corrected chi connectivity index (χ3v) is 3.69. The first kappa shape index (κ1) is 13.4. The van der Waals surface area contributed by atoms with Crippen LogP contribution in [0, 0.1) is 6.92 Å². The molecule has 1 fully saturated rings. The molecule has 0 spiro atoms. The van der Waals surface area contributed by atoms with Crippen LogP contribution in [0.5, 0.6) is 0 Å². The van der Waals surface area contributed by atoms with Crippen molar-refractivity contribution in [3.05, 3.63) is 35.8 Å². The highest BCUT2D eigenvalue weighted by Crippen LogP contribution is 2.26. The third-order valence-electron chi connectivity index (χ3n) is 3.69. The average molecular weight is 274 g/mol. The Bertz CT molecular complexity index is 587. The molecule has 0 amide bonds. The van der Waals surface area contributed by atoms with Crippen LogP contribution in [0.3, 0.4) is 0 Å². The van der Waals surface area contributed by atoms with Crippen LogP contribution >= 0.6 is 0 Å².